The van der Waals surface area contributed by atoms with E-state index in [9.17, 15) is 4.79 Å². The zero-order valence-corrected chi connectivity index (χ0v) is 18.3. The molecule has 5 aromatic rings. The van der Waals surface area contributed by atoms with Crippen LogP contribution in [0.15, 0.2) is 85.5 Å². The smallest absolute Gasteiger partial charge is 0.280 e. The Labute approximate surface area is 190 Å². The van der Waals surface area contributed by atoms with Gasteiger partial charge in [-0.25, -0.2) is 4.98 Å². The van der Waals surface area contributed by atoms with Gasteiger partial charge in [0, 0.05) is 43.5 Å². The number of methoxy groups -OCH3 is 1. The summed E-state index contributed by atoms with van der Waals surface area (Å²) in [5.41, 5.74) is 2.96. The largest absolute Gasteiger partial charge is 0.481 e. The monoisotopic (exact) mass is 438 g/mol. The van der Waals surface area contributed by atoms with Crippen LogP contribution in [-0.2, 0) is 6.54 Å². The molecular formula is C25H22N6O2. The highest BCUT2D eigenvalue weighted by Gasteiger charge is 2.23. The predicted molar refractivity (Wildman–Crippen MR) is 125 cm³/mol. The molecule has 0 saturated heterocycles. The van der Waals surface area contributed by atoms with E-state index in [-0.39, 0.29) is 5.91 Å². The van der Waals surface area contributed by atoms with Crippen molar-refractivity contribution < 1.29 is 9.53 Å². The second-order valence-electron chi connectivity index (χ2n) is 7.54. The van der Waals surface area contributed by atoms with Crippen LogP contribution in [0.25, 0.3) is 16.9 Å². The number of hydrogen-bond donors (Lipinski definition) is 0. The number of aromatic nitrogens is 5. The number of nitrogens with zero attached hydrogens (tertiary/aromatic N) is 6. The zero-order chi connectivity index (χ0) is 22.8. The van der Waals surface area contributed by atoms with Gasteiger partial charge in [-0.2, -0.15) is 4.98 Å². The summed E-state index contributed by atoms with van der Waals surface area (Å²) in [5, 5.41) is 0. The van der Waals surface area contributed by atoms with E-state index < -0.39 is 0 Å². The van der Waals surface area contributed by atoms with Gasteiger partial charge in [0.05, 0.1) is 24.9 Å². The fraction of sp³-hybridized carbons (Fsp3) is 0.120. The van der Waals surface area contributed by atoms with Gasteiger partial charge >= 0.3 is 0 Å². The SMILES string of the molecule is COc1cccc(N(C)C(=O)c2nc(-c3ccn(Cc4ccccn4)c3)n3ccccc23)n1. The molecule has 0 aliphatic rings. The number of carbonyl (C=O) groups excluding carboxylic acids is 1. The number of anilines is 1. The summed E-state index contributed by atoms with van der Waals surface area (Å²) in [4.78, 5) is 28.4. The Bertz CT molecular complexity index is 1420. The van der Waals surface area contributed by atoms with Gasteiger partial charge in [-0.3, -0.25) is 19.1 Å². The maximum atomic E-state index is 13.4. The van der Waals surface area contributed by atoms with E-state index in [1.807, 2.05) is 65.5 Å². The Balaban J connectivity index is 1.50. The molecule has 0 radical (unpaired) electrons. The topological polar surface area (TPSA) is 77.5 Å². The van der Waals surface area contributed by atoms with Gasteiger partial charge in [0.2, 0.25) is 5.88 Å². The van der Waals surface area contributed by atoms with Crippen LogP contribution in [0.1, 0.15) is 16.2 Å². The maximum absolute atomic E-state index is 13.4. The van der Waals surface area contributed by atoms with Gasteiger partial charge in [0.1, 0.15) is 11.6 Å². The number of fused-ring (bicyclic) bond motifs is 1. The number of ether oxygens (including phenoxy) is 1. The number of pyridine rings is 3. The molecule has 33 heavy (non-hydrogen) atoms. The summed E-state index contributed by atoms with van der Waals surface area (Å²) in [7, 11) is 3.23. The summed E-state index contributed by atoms with van der Waals surface area (Å²) in [6.45, 7) is 0.653. The van der Waals surface area contributed by atoms with Crippen LogP contribution in [0.3, 0.4) is 0 Å². The van der Waals surface area contributed by atoms with Crippen LogP contribution in [0, 0.1) is 0 Å². The molecule has 0 spiro atoms. The molecule has 1 amide bonds. The summed E-state index contributed by atoms with van der Waals surface area (Å²) >= 11 is 0. The third kappa shape index (κ3) is 3.94. The van der Waals surface area contributed by atoms with Crippen molar-refractivity contribution in [1.29, 1.82) is 0 Å². The third-order valence-corrected chi connectivity index (χ3v) is 5.40. The molecular weight excluding hydrogens is 416 g/mol. The first-order valence-corrected chi connectivity index (χ1v) is 10.5. The minimum absolute atomic E-state index is 0.251. The van der Waals surface area contributed by atoms with Crippen molar-refractivity contribution in [1.82, 2.24) is 23.9 Å². The lowest BCUT2D eigenvalue weighted by atomic mass is 10.3. The third-order valence-electron chi connectivity index (χ3n) is 5.40. The fourth-order valence-electron chi connectivity index (χ4n) is 3.72. The summed E-state index contributed by atoms with van der Waals surface area (Å²) in [6, 6.07) is 18.9. The zero-order valence-electron chi connectivity index (χ0n) is 18.3. The Hall–Kier alpha value is -4.46. The van der Waals surface area contributed by atoms with E-state index in [0.717, 1.165) is 16.8 Å². The normalized spacial score (nSPS) is 11.0. The maximum Gasteiger partial charge on any atom is 0.280 e. The first kappa shape index (κ1) is 20.4. The van der Waals surface area contributed by atoms with Crippen molar-refractivity contribution in [3.8, 4) is 17.3 Å². The molecule has 8 heteroatoms. The van der Waals surface area contributed by atoms with E-state index in [4.69, 9.17) is 9.72 Å². The Morgan fingerprint density at radius 2 is 1.88 bits per heavy atom. The molecule has 0 saturated carbocycles. The molecule has 5 rings (SSSR count). The van der Waals surface area contributed by atoms with Crippen molar-refractivity contribution in [3.05, 3.63) is 96.8 Å². The highest BCUT2D eigenvalue weighted by atomic mass is 16.5. The van der Waals surface area contributed by atoms with Crippen LogP contribution >= 0.6 is 0 Å². The number of amides is 1. The Morgan fingerprint density at radius 1 is 1.00 bits per heavy atom. The standard InChI is InChI=1S/C25H22N6O2/c1-29(21-10-7-11-22(27-21)33-2)25(32)23-20-9-4-6-14-31(20)24(28-23)18-12-15-30(16-18)17-19-8-3-5-13-26-19/h3-16H,17H2,1-2H3. The lowest BCUT2D eigenvalue weighted by Crippen LogP contribution is -2.27. The lowest BCUT2D eigenvalue weighted by molar-refractivity contribution is 0.0989. The quantitative estimate of drug-likeness (QED) is 0.402. The van der Waals surface area contributed by atoms with E-state index in [1.165, 1.54) is 4.90 Å². The molecule has 0 aliphatic heterocycles. The summed E-state index contributed by atoms with van der Waals surface area (Å²) in [6.07, 6.45) is 7.70. The Morgan fingerprint density at radius 3 is 2.70 bits per heavy atom. The van der Waals surface area contributed by atoms with Crippen molar-refractivity contribution >= 4 is 17.2 Å². The second-order valence-corrected chi connectivity index (χ2v) is 7.54. The minimum atomic E-state index is -0.251. The van der Waals surface area contributed by atoms with Gasteiger partial charge in [0.15, 0.2) is 5.69 Å². The van der Waals surface area contributed by atoms with E-state index >= 15 is 0 Å². The van der Waals surface area contributed by atoms with Crippen molar-refractivity contribution in [2.75, 3.05) is 19.1 Å². The molecule has 5 aromatic heterocycles. The lowest BCUT2D eigenvalue weighted by Gasteiger charge is -2.15. The highest BCUT2D eigenvalue weighted by Crippen LogP contribution is 2.25. The van der Waals surface area contributed by atoms with Gasteiger partial charge in [-0.05, 0) is 36.4 Å². The van der Waals surface area contributed by atoms with E-state index in [1.54, 1.807) is 38.6 Å². The molecule has 0 unspecified atom stereocenters. The molecule has 0 aliphatic carbocycles. The molecule has 164 valence electrons. The molecule has 0 N–H and O–H groups in total. The van der Waals surface area contributed by atoms with E-state index in [2.05, 4.69) is 14.5 Å². The van der Waals surface area contributed by atoms with E-state index in [0.29, 0.717) is 29.8 Å². The van der Waals surface area contributed by atoms with Gasteiger partial charge in [-0.1, -0.05) is 18.2 Å². The van der Waals surface area contributed by atoms with Crippen LogP contribution in [-0.4, -0.2) is 44.0 Å². The Kier molecular flexibility index (Phi) is 5.32. The predicted octanol–water partition coefficient (Wildman–Crippen LogP) is 3.93. The second kappa shape index (κ2) is 8.58. The van der Waals surface area contributed by atoms with Crippen molar-refractivity contribution in [2.45, 2.75) is 6.54 Å². The number of rotatable bonds is 6. The first-order chi connectivity index (χ1) is 16.1. The van der Waals surface area contributed by atoms with Gasteiger partial charge in [0.25, 0.3) is 5.91 Å². The van der Waals surface area contributed by atoms with Crippen LogP contribution in [0.2, 0.25) is 0 Å². The average Bonchev–Trinajstić information content (AvgIpc) is 3.48. The molecule has 8 nitrogen and oxygen atoms in total. The van der Waals surface area contributed by atoms with Crippen LogP contribution < -0.4 is 9.64 Å². The minimum Gasteiger partial charge on any atom is -0.481 e. The van der Waals surface area contributed by atoms with Gasteiger partial charge < -0.3 is 9.30 Å². The molecule has 0 aromatic carbocycles. The molecule has 0 atom stereocenters. The highest BCUT2D eigenvalue weighted by molar-refractivity contribution is 6.09. The summed E-state index contributed by atoms with van der Waals surface area (Å²) < 4.78 is 9.17. The van der Waals surface area contributed by atoms with Gasteiger partial charge in [-0.15, -0.1) is 0 Å². The molecule has 0 bridgehead atoms. The number of hydrogen-bond acceptors (Lipinski definition) is 5. The van der Waals surface area contributed by atoms with Crippen molar-refractivity contribution in [3.63, 3.8) is 0 Å². The molecule has 5 heterocycles. The summed E-state index contributed by atoms with van der Waals surface area (Å²) in [5.74, 6) is 1.37. The number of imidazole rings is 1. The average molecular weight is 438 g/mol. The fourth-order valence-corrected chi connectivity index (χ4v) is 3.72. The number of carbonyl (C=O) groups is 1. The van der Waals surface area contributed by atoms with Crippen LogP contribution in [0.5, 0.6) is 5.88 Å². The first-order valence-electron chi connectivity index (χ1n) is 10.5. The van der Waals surface area contributed by atoms with Crippen LogP contribution in [0.4, 0.5) is 5.82 Å². The molecule has 0 fully saturated rings. The van der Waals surface area contributed by atoms with Crippen molar-refractivity contribution in [2.24, 2.45) is 0 Å².